The molecular formula is C27H34N2O5. The monoisotopic (exact) mass is 466 g/mol. The number of fused-ring (bicyclic) bond motifs is 3. The molecule has 2 aromatic carbocycles. The van der Waals surface area contributed by atoms with E-state index in [0.717, 1.165) is 0 Å². The van der Waals surface area contributed by atoms with E-state index in [-0.39, 0.29) is 30.8 Å². The number of amides is 2. The predicted octanol–water partition coefficient (Wildman–Crippen LogP) is 4.56. The smallest absolute Gasteiger partial charge is 0.407 e. The van der Waals surface area contributed by atoms with Gasteiger partial charge in [-0.3, -0.25) is 9.59 Å². The fourth-order valence-electron chi connectivity index (χ4n) is 4.37. The van der Waals surface area contributed by atoms with E-state index in [1.807, 2.05) is 45.0 Å². The number of carboxylic acids is 1. The Morgan fingerprint density at radius 3 is 2.18 bits per heavy atom. The van der Waals surface area contributed by atoms with Gasteiger partial charge in [-0.1, -0.05) is 69.3 Å². The molecule has 7 heteroatoms. The van der Waals surface area contributed by atoms with E-state index in [1.54, 1.807) is 0 Å². The van der Waals surface area contributed by atoms with Crippen molar-refractivity contribution in [3.05, 3.63) is 59.7 Å². The van der Waals surface area contributed by atoms with Gasteiger partial charge in [-0.25, -0.2) is 4.79 Å². The number of carboxylic acid groups (broad SMARTS) is 1. The van der Waals surface area contributed by atoms with E-state index in [9.17, 15) is 14.4 Å². The molecule has 1 aliphatic carbocycles. The van der Waals surface area contributed by atoms with Gasteiger partial charge in [0.1, 0.15) is 6.61 Å². The van der Waals surface area contributed by atoms with Crippen molar-refractivity contribution in [2.24, 2.45) is 11.3 Å². The summed E-state index contributed by atoms with van der Waals surface area (Å²) in [6.45, 7) is 6.55. The number of hydrogen-bond acceptors (Lipinski definition) is 4. The third-order valence-electron chi connectivity index (χ3n) is 6.18. The summed E-state index contributed by atoms with van der Waals surface area (Å²) in [6, 6.07) is 16.4. The average molecular weight is 467 g/mol. The van der Waals surface area contributed by atoms with Gasteiger partial charge in [-0.2, -0.15) is 0 Å². The van der Waals surface area contributed by atoms with Crippen LogP contribution in [0.5, 0.6) is 0 Å². The minimum absolute atomic E-state index is 0.00705. The number of hydrogen-bond donors (Lipinski definition) is 3. The number of carbonyl (C=O) groups excluding carboxylic acids is 2. The van der Waals surface area contributed by atoms with E-state index in [4.69, 9.17) is 9.84 Å². The summed E-state index contributed by atoms with van der Waals surface area (Å²) in [4.78, 5) is 35.3. The highest BCUT2D eigenvalue weighted by Gasteiger charge is 2.29. The maximum Gasteiger partial charge on any atom is 0.407 e. The standard InChI is InChI=1S/C27H34N2O5/c1-18(14-24(30)29-17-27(2,3)15-25(31)32)12-13-28-26(33)34-16-23-21-10-6-4-8-19(21)20-9-5-7-11-22(20)23/h4-11,18,23H,12-17H2,1-3H3,(H,28,33)(H,29,30)(H,31,32). The highest BCUT2D eigenvalue weighted by Crippen LogP contribution is 2.44. The lowest BCUT2D eigenvalue weighted by molar-refractivity contribution is -0.139. The largest absolute Gasteiger partial charge is 0.481 e. The van der Waals surface area contributed by atoms with Gasteiger partial charge in [0.05, 0.1) is 6.42 Å². The minimum Gasteiger partial charge on any atom is -0.481 e. The van der Waals surface area contributed by atoms with Crippen molar-refractivity contribution in [1.29, 1.82) is 0 Å². The zero-order chi connectivity index (χ0) is 24.7. The molecule has 0 fully saturated rings. The summed E-state index contributed by atoms with van der Waals surface area (Å²) in [5.74, 6) is -0.915. The Morgan fingerprint density at radius 1 is 1.00 bits per heavy atom. The average Bonchev–Trinajstić information content (AvgIpc) is 3.09. The van der Waals surface area contributed by atoms with Crippen LogP contribution in [0, 0.1) is 11.3 Å². The van der Waals surface area contributed by atoms with Crippen molar-refractivity contribution >= 4 is 18.0 Å². The van der Waals surface area contributed by atoms with Gasteiger partial charge in [0.25, 0.3) is 0 Å². The van der Waals surface area contributed by atoms with E-state index >= 15 is 0 Å². The number of ether oxygens (including phenoxy) is 1. The fraction of sp³-hybridized carbons (Fsp3) is 0.444. The quantitative estimate of drug-likeness (QED) is 0.450. The Labute approximate surface area is 200 Å². The number of benzene rings is 2. The number of aliphatic carboxylic acids is 1. The Hall–Kier alpha value is -3.35. The summed E-state index contributed by atoms with van der Waals surface area (Å²) in [5, 5.41) is 14.5. The van der Waals surface area contributed by atoms with Gasteiger partial charge in [-0.05, 0) is 40.0 Å². The van der Waals surface area contributed by atoms with Crippen molar-refractivity contribution in [2.75, 3.05) is 19.7 Å². The molecular weight excluding hydrogens is 432 g/mol. The van der Waals surface area contributed by atoms with Crippen molar-refractivity contribution in [1.82, 2.24) is 10.6 Å². The molecule has 0 heterocycles. The van der Waals surface area contributed by atoms with Crippen LogP contribution in [0.25, 0.3) is 11.1 Å². The zero-order valence-corrected chi connectivity index (χ0v) is 20.1. The van der Waals surface area contributed by atoms with Crippen LogP contribution in [-0.2, 0) is 14.3 Å². The molecule has 0 saturated carbocycles. The fourth-order valence-corrected chi connectivity index (χ4v) is 4.37. The SMILES string of the molecule is CC(CCNC(=O)OCC1c2ccccc2-c2ccccc21)CC(=O)NCC(C)(C)CC(=O)O. The molecule has 2 aromatic rings. The van der Waals surface area contributed by atoms with Crippen molar-refractivity contribution < 1.29 is 24.2 Å². The molecule has 1 unspecified atom stereocenters. The molecule has 1 aliphatic rings. The number of carbonyl (C=O) groups is 3. The predicted molar refractivity (Wildman–Crippen MR) is 131 cm³/mol. The number of rotatable bonds is 11. The third-order valence-corrected chi connectivity index (χ3v) is 6.18. The summed E-state index contributed by atoms with van der Waals surface area (Å²) in [5.41, 5.74) is 4.21. The van der Waals surface area contributed by atoms with E-state index in [0.29, 0.717) is 25.9 Å². The molecule has 0 spiro atoms. The first-order valence-corrected chi connectivity index (χ1v) is 11.7. The molecule has 34 heavy (non-hydrogen) atoms. The summed E-state index contributed by atoms with van der Waals surface area (Å²) < 4.78 is 5.53. The first-order valence-electron chi connectivity index (χ1n) is 11.7. The highest BCUT2D eigenvalue weighted by molar-refractivity contribution is 5.79. The van der Waals surface area contributed by atoms with E-state index in [1.165, 1.54) is 22.3 Å². The van der Waals surface area contributed by atoms with Gasteiger partial charge >= 0.3 is 12.1 Å². The Balaban J connectivity index is 1.38. The minimum atomic E-state index is -0.882. The van der Waals surface area contributed by atoms with Gasteiger partial charge in [0, 0.05) is 25.4 Å². The third kappa shape index (κ3) is 6.83. The molecule has 0 radical (unpaired) electrons. The maximum atomic E-state index is 12.3. The lowest BCUT2D eigenvalue weighted by Gasteiger charge is -2.23. The van der Waals surface area contributed by atoms with Crippen LogP contribution in [-0.4, -0.2) is 42.8 Å². The van der Waals surface area contributed by atoms with Gasteiger partial charge in [0.2, 0.25) is 5.91 Å². The van der Waals surface area contributed by atoms with Crippen LogP contribution in [0.4, 0.5) is 4.79 Å². The van der Waals surface area contributed by atoms with Crippen LogP contribution in [0.1, 0.15) is 57.1 Å². The summed E-state index contributed by atoms with van der Waals surface area (Å²) in [7, 11) is 0. The van der Waals surface area contributed by atoms with Crippen molar-refractivity contribution in [3.8, 4) is 11.1 Å². The molecule has 0 saturated heterocycles. The molecule has 3 rings (SSSR count). The van der Waals surface area contributed by atoms with Gasteiger partial charge in [0.15, 0.2) is 0 Å². The molecule has 0 aliphatic heterocycles. The molecule has 0 bridgehead atoms. The van der Waals surface area contributed by atoms with Crippen molar-refractivity contribution in [2.45, 2.75) is 46.0 Å². The van der Waals surface area contributed by atoms with E-state index in [2.05, 4.69) is 34.9 Å². The van der Waals surface area contributed by atoms with Gasteiger partial charge in [-0.15, -0.1) is 0 Å². The van der Waals surface area contributed by atoms with Crippen LogP contribution < -0.4 is 10.6 Å². The first-order chi connectivity index (χ1) is 16.2. The number of nitrogens with one attached hydrogen (secondary N) is 2. The molecule has 1 atom stereocenters. The van der Waals surface area contributed by atoms with Crippen LogP contribution in [0.2, 0.25) is 0 Å². The topological polar surface area (TPSA) is 105 Å². The second-order valence-electron chi connectivity index (χ2n) is 9.86. The maximum absolute atomic E-state index is 12.3. The second kappa shape index (κ2) is 11.2. The second-order valence-corrected chi connectivity index (χ2v) is 9.86. The van der Waals surface area contributed by atoms with Crippen LogP contribution >= 0.6 is 0 Å². The molecule has 7 nitrogen and oxygen atoms in total. The summed E-state index contributed by atoms with van der Waals surface area (Å²) >= 11 is 0. The Bertz CT molecular complexity index is 988. The lowest BCUT2D eigenvalue weighted by atomic mass is 9.89. The van der Waals surface area contributed by atoms with Crippen LogP contribution in [0.3, 0.4) is 0 Å². The van der Waals surface area contributed by atoms with Crippen molar-refractivity contribution in [3.63, 3.8) is 0 Å². The van der Waals surface area contributed by atoms with E-state index < -0.39 is 17.5 Å². The first kappa shape index (κ1) is 25.3. The highest BCUT2D eigenvalue weighted by atomic mass is 16.5. The molecule has 0 aromatic heterocycles. The number of alkyl carbamates (subject to hydrolysis) is 1. The summed E-state index contributed by atoms with van der Waals surface area (Å²) in [6.07, 6.45) is 0.479. The van der Waals surface area contributed by atoms with Gasteiger partial charge < -0.3 is 20.5 Å². The van der Waals surface area contributed by atoms with Crippen LogP contribution in [0.15, 0.2) is 48.5 Å². The Kier molecular flexibility index (Phi) is 8.31. The lowest BCUT2D eigenvalue weighted by Crippen LogP contribution is -2.36. The zero-order valence-electron chi connectivity index (χ0n) is 20.1. The Morgan fingerprint density at radius 2 is 1.59 bits per heavy atom. The molecule has 182 valence electrons. The molecule has 3 N–H and O–H groups in total. The molecule has 2 amide bonds. The normalized spacial score (nSPS) is 13.5.